The molecule has 0 saturated heterocycles. The quantitative estimate of drug-likeness (QED) is 0.760. The van der Waals surface area contributed by atoms with Crippen LogP contribution in [0.2, 0.25) is 0 Å². The van der Waals surface area contributed by atoms with Crippen molar-refractivity contribution in [3.8, 4) is 0 Å². The third-order valence-electron chi connectivity index (χ3n) is 3.44. The highest BCUT2D eigenvalue weighted by Crippen LogP contribution is 2.25. The Morgan fingerprint density at radius 2 is 2.15 bits per heavy atom. The number of hydrogen-bond donors (Lipinski definition) is 1. The maximum absolute atomic E-state index is 5.23. The summed E-state index contributed by atoms with van der Waals surface area (Å²) in [6.45, 7) is 3.14. The number of rotatable bonds is 5. The Kier molecular flexibility index (Phi) is 3.79. The van der Waals surface area contributed by atoms with Gasteiger partial charge in [-0.1, -0.05) is 25.1 Å². The second kappa shape index (κ2) is 5.88. The molecule has 0 saturated carbocycles. The van der Waals surface area contributed by atoms with Crippen LogP contribution in [0.25, 0.3) is 10.9 Å². The molecule has 0 fully saturated rings. The SMILES string of the molecule is CCCNC(c1ccoc1)c1ccc2cccnc2c1. The Hall–Kier alpha value is -2.13. The van der Waals surface area contributed by atoms with Crippen molar-refractivity contribution < 1.29 is 4.42 Å². The minimum atomic E-state index is 0.153. The van der Waals surface area contributed by atoms with E-state index in [0.29, 0.717) is 0 Å². The lowest BCUT2D eigenvalue weighted by Gasteiger charge is -2.18. The van der Waals surface area contributed by atoms with Crippen molar-refractivity contribution in [2.45, 2.75) is 19.4 Å². The first-order valence-electron chi connectivity index (χ1n) is 6.98. The number of benzene rings is 1. The van der Waals surface area contributed by atoms with Crippen LogP contribution in [-0.4, -0.2) is 11.5 Å². The van der Waals surface area contributed by atoms with Gasteiger partial charge in [0.2, 0.25) is 0 Å². The molecule has 0 radical (unpaired) electrons. The Morgan fingerprint density at radius 1 is 1.20 bits per heavy atom. The van der Waals surface area contributed by atoms with E-state index in [1.807, 2.05) is 18.3 Å². The van der Waals surface area contributed by atoms with Crippen molar-refractivity contribution >= 4 is 10.9 Å². The average molecular weight is 266 g/mol. The molecular weight excluding hydrogens is 248 g/mol. The molecule has 1 N–H and O–H groups in total. The van der Waals surface area contributed by atoms with Crippen LogP contribution in [0.1, 0.15) is 30.5 Å². The topological polar surface area (TPSA) is 38.1 Å². The second-order valence-electron chi connectivity index (χ2n) is 4.90. The Balaban J connectivity index is 1.99. The summed E-state index contributed by atoms with van der Waals surface area (Å²) in [6, 6.07) is 12.6. The van der Waals surface area contributed by atoms with Crippen molar-refractivity contribution in [1.29, 1.82) is 0 Å². The molecule has 1 aromatic carbocycles. The van der Waals surface area contributed by atoms with Crippen LogP contribution >= 0.6 is 0 Å². The van der Waals surface area contributed by atoms with Crippen molar-refractivity contribution in [3.05, 3.63) is 66.2 Å². The molecule has 3 heteroatoms. The lowest BCUT2D eigenvalue weighted by atomic mass is 9.99. The summed E-state index contributed by atoms with van der Waals surface area (Å²) in [7, 11) is 0. The summed E-state index contributed by atoms with van der Waals surface area (Å²) in [5.74, 6) is 0. The van der Waals surface area contributed by atoms with E-state index >= 15 is 0 Å². The minimum Gasteiger partial charge on any atom is -0.472 e. The fourth-order valence-corrected chi connectivity index (χ4v) is 2.42. The van der Waals surface area contributed by atoms with Crippen LogP contribution in [0.4, 0.5) is 0 Å². The molecule has 0 amide bonds. The molecule has 0 aliphatic carbocycles. The number of hydrogen-bond acceptors (Lipinski definition) is 3. The van der Waals surface area contributed by atoms with Crippen molar-refractivity contribution in [1.82, 2.24) is 10.3 Å². The van der Waals surface area contributed by atoms with E-state index in [1.54, 1.807) is 12.5 Å². The highest BCUT2D eigenvalue weighted by molar-refractivity contribution is 5.79. The molecule has 1 atom stereocenters. The van der Waals surface area contributed by atoms with Gasteiger partial charge in [-0.05, 0) is 36.7 Å². The van der Waals surface area contributed by atoms with Gasteiger partial charge in [-0.15, -0.1) is 0 Å². The van der Waals surface area contributed by atoms with E-state index in [4.69, 9.17) is 4.42 Å². The maximum Gasteiger partial charge on any atom is 0.0953 e. The van der Waals surface area contributed by atoms with Gasteiger partial charge in [-0.2, -0.15) is 0 Å². The smallest absolute Gasteiger partial charge is 0.0953 e. The normalized spacial score (nSPS) is 12.7. The van der Waals surface area contributed by atoms with Gasteiger partial charge in [0.15, 0.2) is 0 Å². The van der Waals surface area contributed by atoms with Crippen LogP contribution < -0.4 is 5.32 Å². The summed E-state index contributed by atoms with van der Waals surface area (Å²) in [5, 5.41) is 4.73. The monoisotopic (exact) mass is 266 g/mol. The van der Waals surface area contributed by atoms with Gasteiger partial charge in [-0.25, -0.2) is 0 Å². The standard InChI is InChI=1S/C17H18N2O/c1-2-8-19-17(15-7-10-20-12-15)14-6-5-13-4-3-9-18-16(13)11-14/h3-7,9-12,17,19H,2,8H2,1H3. The van der Waals surface area contributed by atoms with Crippen LogP contribution in [-0.2, 0) is 0 Å². The van der Waals surface area contributed by atoms with Crippen molar-refractivity contribution in [3.63, 3.8) is 0 Å². The Labute approximate surface area is 118 Å². The van der Waals surface area contributed by atoms with E-state index in [1.165, 1.54) is 5.56 Å². The van der Waals surface area contributed by atoms with Crippen LogP contribution in [0.15, 0.2) is 59.5 Å². The molecule has 2 heterocycles. The zero-order valence-electron chi connectivity index (χ0n) is 11.5. The number of aromatic nitrogens is 1. The van der Waals surface area contributed by atoms with Crippen LogP contribution in [0.5, 0.6) is 0 Å². The van der Waals surface area contributed by atoms with E-state index < -0.39 is 0 Å². The van der Waals surface area contributed by atoms with Crippen LogP contribution in [0.3, 0.4) is 0 Å². The van der Waals surface area contributed by atoms with Crippen molar-refractivity contribution in [2.24, 2.45) is 0 Å². The lowest BCUT2D eigenvalue weighted by molar-refractivity contribution is 0.548. The first kappa shape index (κ1) is 12.9. The molecule has 102 valence electrons. The molecule has 3 nitrogen and oxygen atoms in total. The van der Waals surface area contributed by atoms with Gasteiger partial charge >= 0.3 is 0 Å². The zero-order chi connectivity index (χ0) is 13.8. The molecule has 1 unspecified atom stereocenters. The molecule has 0 spiro atoms. The molecule has 2 aromatic heterocycles. The number of nitrogens with one attached hydrogen (secondary N) is 1. The van der Waals surface area contributed by atoms with Crippen LogP contribution in [0, 0.1) is 0 Å². The predicted octanol–water partition coefficient (Wildman–Crippen LogP) is 3.92. The van der Waals surface area contributed by atoms with Gasteiger partial charge < -0.3 is 9.73 Å². The van der Waals surface area contributed by atoms with Gasteiger partial charge in [0, 0.05) is 17.1 Å². The highest BCUT2D eigenvalue weighted by Gasteiger charge is 2.14. The third-order valence-corrected chi connectivity index (χ3v) is 3.44. The Bertz CT molecular complexity index is 676. The number of pyridine rings is 1. The summed E-state index contributed by atoms with van der Waals surface area (Å²) in [4.78, 5) is 4.43. The maximum atomic E-state index is 5.23. The van der Waals surface area contributed by atoms with Gasteiger partial charge in [-0.3, -0.25) is 4.98 Å². The molecule has 3 rings (SSSR count). The predicted molar refractivity (Wildman–Crippen MR) is 80.6 cm³/mol. The van der Waals surface area contributed by atoms with Gasteiger partial charge in [0.1, 0.15) is 0 Å². The largest absolute Gasteiger partial charge is 0.472 e. The van der Waals surface area contributed by atoms with Crippen molar-refractivity contribution in [2.75, 3.05) is 6.54 Å². The summed E-state index contributed by atoms with van der Waals surface area (Å²) < 4.78 is 5.23. The summed E-state index contributed by atoms with van der Waals surface area (Å²) in [5.41, 5.74) is 3.39. The van der Waals surface area contributed by atoms with E-state index in [2.05, 4.69) is 41.5 Å². The zero-order valence-corrected chi connectivity index (χ0v) is 11.5. The first-order chi connectivity index (χ1) is 9.88. The Morgan fingerprint density at radius 3 is 2.95 bits per heavy atom. The summed E-state index contributed by atoms with van der Waals surface area (Å²) in [6.07, 6.45) is 6.45. The lowest BCUT2D eigenvalue weighted by Crippen LogP contribution is -2.22. The average Bonchev–Trinajstić information content (AvgIpc) is 3.02. The number of nitrogens with zero attached hydrogens (tertiary/aromatic N) is 1. The molecular formula is C17H18N2O. The third kappa shape index (κ3) is 2.58. The summed E-state index contributed by atoms with van der Waals surface area (Å²) >= 11 is 0. The molecule has 3 aromatic rings. The number of furan rings is 1. The van der Waals surface area contributed by atoms with E-state index in [9.17, 15) is 0 Å². The minimum absolute atomic E-state index is 0.153. The fourth-order valence-electron chi connectivity index (χ4n) is 2.42. The van der Waals surface area contributed by atoms with Gasteiger partial charge in [0.05, 0.1) is 24.1 Å². The highest BCUT2D eigenvalue weighted by atomic mass is 16.3. The molecule has 20 heavy (non-hydrogen) atoms. The molecule has 0 aliphatic rings. The number of fused-ring (bicyclic) bond motifs is 1. The van der Waals surface area contributed by atoms with Gasteiger partial charge in [0.25, 0.3) is 0 Å². The fraction of sp³-hybridized carbons (Fsp3) is 0.235. The van der Waals surface area contributed by atoms with E-state index in [-0.39, 0.29) is 6.04 Å². The first-order valence-corrected chi connectivity index (χ1v) is 6.98. The molecule has 0 bridgehead atoms. The molecule has 0 aliphatic heterocycles. The second-order valence-corrected chi connectivity index (χ2v) is 4.90. The van der Waals surface area contributed by atoms with E-state index in [0.717, 1.165) is 29.4 Å².